The molecule has 1 aromatic carbocycles. The van der Waals surface area contributed by atoms with Crippen LogP contribution in [-0.2, 0) is 12.8 Å². The number of rotatable bonds is 6. The van der Waals surface area contributed by atoms with Crippen molar-refractivity contribution in [1.29, 1.82) is 0 Å². The first kappa shape index (κ1) is 19.0. The van der Waals surface area contributed by atoms with Crippen LogP contribution < -0.4 is 4.90 Å². The maximum atomic E-state index is 10.8. The number of thioether (sulfide) groups is 1. The molecule has 1 aliphatic heterocycles. The Bertz CT molecular complexity index is 901. The summed E-state index contributed by atoms with van der Waals surface area (Å²) in [6.45, 7) is 1.70. The van der Waals surface area contributed by atoms with Gasteiger partial charge in [-0.2, -0.15) is 0 Å². The van der Waals surface area contributed by atoms with Gasteiger partial charge in [0.25, 0.3) is 0 Å². The van der Waals surface area contributed by atoms with Crippen molar-refractivity contribution in [2.75, 3.05) is 18.0 Å². The van der Waals surface area contributed by atoms with Crippen molar-refractivity contribution in [2.45, 2.75) is 29.7 Å². The molecule has 0 saturated carbocycles. The third-order valence-corrected chi connectivity index (χ3v) is 6.15. The predicted molar refractivity (Wildman–Crippen MR) is 111 cm³/mol. The minimum Gasteiger partial charge on any atom is -0.385 e. The first-order valence-electron chi connectivity index (χ1n) is 9.59. The molecule has 0 bridgehead atoms. The highest BCUT2D eigenvalue weighted by Gasteiger charge is 2.29. The van der Waals surface area contributed by atoms with Gasteiger partial charge in [0.15, 0.2) is 0 Å². The molecule has 4 rings (SSSR count). The van der Waals surface area contributed by atoms with Crippen molar-refractivity contribution in [3.63, 3.8) is 0 Å². The van der Waals surface area contributed by atoms with Gasteiger partial charge in [-0.05, 0) is 18.4 Å². The Hall–Kier alpha value is -2.38. The largest absolute Gasteiger partial charge is 0.385 e. The summed E-state index contributed by atoms with van der Waals surface area (Å²) >= 11 is 1.70. The Balaban J connectivity index is 1.43. The maximum absolute atomic E-state index is 10.8. The molecule has 1 saturated heterocycles. The predicted octanol–water partition coefficient (Wildman–Crippen LogP) is 3.45. The fourth-order valence-electron chi connectivity index (χ4n) is 3.64. The highest BCUT2D eigenvalue weighted by molar-refractivity contribution is 7.98. The maximum Gasteiger partial charge on any atom is 0.148 e. The zero-order chi connectivity index (χ0) is 19.3. The van der Waals surface area contributed by atoms with E-state index in [1.165, 1.54) is 5.56 Å². The van der Waals surface area contributed by atoms with Crippen LogP contribution in [0.15, 0.2) is 60.1 Å². The number of nitrogens with zero attached hydrogens (tertiary/aromatic N) is 5. The van der Waals surface area contributed by atoms with Gasteiger partial charge in [0.2, 0.25) is 0 Å². The van der Waals surface area contributed by atoms with Gasteiger partial charge >= 0.3 is 0 Å². The minimum atomic E-state index is -0.564. The minimum absolute atomic E-state index is 0.136. The number of hydrogen-bond acceptors (Lipinski definition) is 6. The van der Waals surface area contributed by atoms with Gasteiger partial charge in [0.1, 0.15) is 22.8 Å². The van der Waals surface area contributed by atoms with Gasteiger partial charge in [0, 0.05) is 44.2 Å². The molecule has 28 heavy (non-hydrogen) atoms. The van der Waals surface area contributed by atoms with Crippen LogP contribution in [0.4, 0.5) is 5.82 Å². The molecule has 1 N–H and O–H groups in total. The normalized spacial score (nSPS) is 18.2. The van der Waals surface area contributed by atoms with E-state index >= 15 is 0 Å². The molecule has 6 nitrogen and oxygen atoms in total. The smallest absolute Gasteiger partial charge is 0.148 e. The van der Waals surface area contributed by atoms with Crippen molar-refractivity contribution in [1.82, 2.24) is 19.5 Å². The molecule has 0 radical (unpaired) electrons. The summed E-state index contributed by atoms with van der Waals surface area (Å²) in [6, 6.07) is 10.4. The van der Waals surface area contributed by atoms with E-state index in [1.54, 1.807) is 18.0 Å². The standard InChI is InChI=1S/C21H25N5OS/c1-25-11-9-23-21(25)20(27)17-8-5-10-26(14-17)18-12-22-13-19(24-18)28-15-16-6-3-2-4-7-16/h2-4,6-7,9,11-13,17,20,27H,5,8,10,14-15H2,1H3. The molecular formula is C21H25N5OS. The van der Waals surface area contributed by atoms with Crippen molar-refractivity contribution in [3.05, 3.63) is 66.5 Å². The molecule has 1 fully saturated rings. The van der Waals surface area contributed by atoms with Crippen LogP contribution in [0.5, 0.6) is 0 Å². The van der Waals surface area contributed by atoms with Gasteiger partial charge in [0.05, 0.1) is 12.4 Å². The van der Waals surface area contributed by atoms with Crippen LogP contribution in [-0.4, -0.2) is 37.7 Å². The Morgan fingerprint density at radius 1 is 1.25 bits per heavy atom. The summed E-state index contributed by atoms with van der Waals surface area (Å²) in [5.74, 6) is 2.62. The van der Waals surface area contributed by atoms with E-state index in [4.69, 9.17) is 4.98 Å². The monoisotopic (exact) mass is 395 g/mol. The van der Waals surface area contributed by atoms with Crippen molar-refractivity contribution < 1.29 is 5.11 Å². The van der Waals surface area contributed by atoms with E-state index in [0.29, 0.717) is 0 Å². The summed E-state index contributed by atoms with van der Waals surface area (Å²) in [4.78, 5) is 15.8. The quantitative estimate of drug-likeness (QED) is 0.645. The van der Waals surface area contributed by atoms with Crippen LogP contribution in [0.25, 0.3) is 0 Å². The summed E-state index contributed by atoms with van der Waals surface area (Å²) in [7, 11) is 1.92. The molecule has 1 aliphatic rings. The van der Waals surface area contributed by atoms with Gasteiger partial charge in [-0.1, -0.05) is 30.3 Å². The number of aryl methyl sites for hydroxylation is 1. The van der Waals surface area contributed by atoms with E-state index in [0.717, 1.165) is 48.4 Å². The molecule has 2 aromatic heterocycles. The number of aromatic nitrogens is 4. The first-order valence-corrected chi connectivity index (χ1v) is 10.6. The topological polar surface area (TPSA) is 67.1 Å². The summed E-state index contributed by atoms with van der Waals surface area (Å²) in [5, 5.41) is 11.7. The van der Waals surface area contributed by atoms with Crippen LogP contribution in [0.2, 0.25) is 0 Å². The molecule has 7 heteroatoms. The highest BCUT2D eigenvalue weighted by atomic mass is 32.2. The van der Waals surface area contributed by atoms with Crippen LogP contribution in [0, 0.1) is 5.92 Å². The number of imidazole rings is 1. The first-order chi connectivity index (χ1) is 13.7. The van der Waals surface area contributed by atoms with Crippen molar-refractivity contribution >= 4 is 17.6 Å². The third kappa shape index (κ3) is 4.36. The number of hydrogen-bond donors (Lipinski definition) is 1. The molecule has 3 heterocycles. The fraction of sp³-hybridized carbons (Fsp3) is 0.381. The lowest BCUT2D eigenvalue weighted by Gasteiger charge is -2.35. The zero-order valence-corrected chi connectivity index (χ0v) is 16.8. The average Bonchev–Trinajstić information content (AvgIpc) is 3.18. The summed E-state index contributed by atoms with van der Waals surface area (Å²) in [5.41, 5.74) is 1.27. The second kappa shape index (κ2) is 8.75. The lowest BCUT2D eigenvalue weighted by Crippen LogP contribution is -2.39. The Morgan fingerprint density at radius 3 is 2.89 bits per heavy atom. The van der Waals surface area contributed by atoms with E-state index in [9.17, 15) is 5.11 Å². The second-order valence-corrected chi connectivity index (χ2v) is 8.17. The SMILES string of the molecule is Cn1ccnc1C(O)C1CCCN(c2cncc(SCc3ccccc3)n2)C1. The van der Waals surface area contributed by atoms with E-state index in [1.807, 2.05) is 36.3 Å². The van der Waals surface area contributed by atoms with Crippen molar-refractivity contribution in [2.24, 2.45) is 13.0 Å². The number of benzene rings is 1. The number of aliphatic hydroxyl groups is 1. The Labute approximate surface area is 169 Å². The number of anilines is 1. The molecule has 3 aromatic rings. The fourth-order valence-corrected chi connectivity index (χ4v) is 4.44. The Kier molecular flexibility index (Phi) is 5.92. The van der Waals surface area contributed by atoms with Crippen LogP contribution >= 0.6 is 11.8 Å². The van der Waals surface area contributed by atoms with E-state index in [-0.39, 0.29) is 5.92 Å². The third-order valence-electron chi connectivity index (χ3n) is 5.18. The average molecular weight is 396 g/mol. The van der Waals surface area contributed by atoms with Crippen LogP contribution in [0.3, 0.4) is 0 Å². The Morgan fingerprint density at radius 2 is 2.11 bits per heavy atom. The number of aliphatic hydroxyl groups excluding tert-OH is 1. The zero-order valence-electron chi connectivity index (χ0n) is 16.0. The summed E-state index contributed by atoms with van der Waals surface area (Å²) < 4.78 is 1.89. The van der Waals surface area contributed by atoms with Gasteiger partial charge in [-0.25, -0.2) is 9.97 Å². The summed E-state index contributed by atoms with van der Waals surface area (Å²) in [6.07, 6.45) is 8.70. The van der Waals surface area contributed by atoms with E-state index in [2.05, 4.69) is 39.1 Å². The molecule has 2 unspecified atom stereocenters. The van der Waals surface area contributed by atoms with Crippen LogP contribution in [0.1, 0.15) is 30.3 Å². The molecule has 0 aliphatic carbocycles. The molecule has 0 spiro atoms. The lowest BCUT2D eigenvalue weighted by molar-refractivity contribution is 0.0873. The lowest BCUT2D eigenvalue weighted by atomic mass is 9.92. The highest BCUT2D eigenvalue weighted by Crippen LogP contribution is 2.31. The second-order valence-electron chi connectivity index (χ2n) is 7.18. The van der Waals surface area contributed by atoms with Gasteiger partial charge in [-0.3, -0.25) is 4.98 Å². The van der Waals surface area contributed by atoms with Gasteiger partial charge < -0.3 is 14.6 Å². The molecule has 146 valence electrons. The van der Waals surface area contributed by atoms with Gasteiger partial charge in [-0.15, -0.1) is 11.8 Å². The molecular weight excluding hydrogens is 370 g/mol. The molecule has 2 atom stereocenters. The van der Waals surface area contributed by atoms with E-state index < -0.39 is 6.10 Å². The number of piperidine rings is 1. The molecule has 0 amide bonds. The van der Waals surface area contributed by atoms with Crippen molar-refractivity contribution in [3.8, 4) is 0 Å².